The van der Waals surface area contributed by atoms with Crippen molar-refractivity contribution in [2.24, 2.45) is 16.9 Å². The molecule has 1 heterocycles. The van der Waals surface area contributed by atoms with Gasteiger partial charge in [-0.3, -0.25) is 9.59 Å². The highest BCUT2D eigenvalue weighted by Gasteiger charge is 2.61. The van der Waals surface area contributed by atoms with Crippen LogP contribution in [0.25, 0.3) is 0 Å². The zero-order valence-corrected chi connectivity index (χ0v) is 19.0. The summed E-state index contributed by atoms with van der Waals surface area (Å²) >= 11 is 0. The Labute approximate surface area is 202 Å². The summed E-state index contributed by atoms with van der Waals surface area (Å²) < 4.78 is 9.90. The molecule has 0 unspecified atom stereocenters. The van der Waals surface area contributed by atoms with Crippen molar-refractivity contribution >= 4 is 24.0 Å². The Hall–Kier alpha value is -4.26. The molecule has 2 atom stereocenters. The van der Waals surface area contributed by atoms with Crippen molar-refractivity contribution in [3.8, 4) is 5.75 Å². The van der Waals surface area contributed by atoms with Crippen LogP contribution in [0.4, 0.5) is 0 Å². The van der Waals surface area contributed by atoms with Crippen LogP contribution < -0.4 is 4.74 Å². The molecule has 7 nitrogen and oxygen atoms in total. The third-order valence-corrected chi connectivity index (χ3v) is 7.21. The fourth-order valence-electron chi connectivity index (χ4n) is 5.75. The van der Waals surface area contributed by atoms with Crippen molar-refractivity contribution in [1.82, 2.24) is 5.01 Å². The number of hydrazone groups is 1. The van der Waals surface area contributed by atoms with Gasteiger partial charge >= 0.3 is 5.97 Å². The van der Waals surface area contributed by atoms with Crippen LogP contribution in [0.5, 0.6) is 5.75 Å². The van der Waals surface area contributed by atoms with Gasteiger partial charge in [0.25, 0.3) is 11.8 Å². The first-order valence-corrected chi connectivity index (χ1v) is 11.5. The number of benzene rings is 3. The third-order valence-electron chi connectivity index (χ3n) is 7.21. The molecule has 0 saturated carbocycles. The number of ether oxygens (including phenoxy) is 2. The molecule has 174 valence electrons. The second kappa shape index (κ2) is 8.20. The molecule has 7 rings (SSSR count). The summed E-state index contributed by atoms with van der Waals surface area (Å²) in [6, 6.07) is 23.1. The Morgan fingerprint density at radius 3 is 1.77 bits per heavy atom. The maximum absolute atomic E-state index is 13.5. The average Bonchev–Trinajstić information content (AvgIpc) is 3.16. The summed E-state index contributed by atoms with van der Waals surface area (Å²) in [5, 5.41) is 5.36. The summed E-state index contributed by atoms with van der Waals surface area (Å²) in [6.07, 6.45) is 1.50. The molecular weight excluding hydrogens is 444 g/mol. The molecule has 1 fully saturated rings. The van der Waals surface area contributed by atoms with E-state index in [1.807, 2.05) is 24.3 Å². The molecule has 3 aromatic carbocycles. The third kappa shape index (κ3) is 3.26. The van der Waals surface area contributed by atoms with Gasteiger partial charge in [-0.25, -0.2) is 4.79 Å². The predicted molar refractivity (Wildman–Crippen MR) is 127 cm³/mol. The molecule has 0 spiro atoms. The van der Waals surface area contributed by atoms with E-state index in [-0.39, 0.29) is 30.3 Å². The van der Waals surface area contributed by atoms with Gasteiger partial charge < -0.3 is 9.47 Å². The van der Waals surface area contributed by atoms with Crippen molar-refractivity contribution in [1.29, 1.82) is 0 Å². The molecule has 1 saturated heterocycles. The highest BCUT2D eigenvalue weighted by Crippen LogP contribution is 2.60. The Morgan fingerprint density at radius 1 is 0.829 bits per heavy atom. The minimum absolute atomic E-state index is 0.153. The van der Waals surface area contributed by atoms with E-state index in [1.54, 1.807) is 24.3 Å². The van der Waals surface area contributed by atoms with Crippen molar-refractivity contribution in [3.63, 3.8) is 0 Å². The van der Waals surface area contributed by atoms with E-state index in [0.717, 1.165) is 27.3 Å². The van der Waals surface area contributed by atoms with Crippen molar-refractivity contribution in [2.75, 3.05) is 13.7 Å². The van der Waals surface area contributed by atoms with Gasteiger partial charge in [0, 0.05) is 11.8 Å². The molecule has 0 radical (unpaired) electrons. The summed E-state index contributed by atoms with van der Waals surface area (Å²) in [4.78, 5) is 38.3. The molecule has 2 bridgehead atoms. The molecule has 35 heavy (non-hydrogen) atoms. The predicted octanol–water partition coefficient (Wildman–Crippen LogP) is 3.46. The van der Waals surface area contributed by atoms with Gasteiger partial charge in [0.2, 0.25) is 0 Å². The average molecular weight is 466 g/mol. The maximum Gasteiger partial charge on any atom is 0.343 e. The van der Waals surface area contributed by atoms with E-state index in [0.29, 0.717) is 11.3 Å². The summed E-state index contributed by atoms with van der Waals surface area (Å²) in [5.41, 5.74) is 5.22. The lowest BCUT2D eigenvalue weighted by molar-refractivity contribution is -0.143. The molecular formula is C28H22N2O5. The zero-order chi connectivity index (χ0) is 24.1. The smallest absolute Gasteiger partial charge is 0.343 e. The number of hydrogen-bond donors (Lipinski definition) is 0. The standard InChI is InChI=1S/C28H22N2O5/c1-34-22(31)15-35-17-12-10-16(11-13-17)14-29-30-27(32)25-23-18-6-2-3-7-19(18)24(26(25)28(30)33)21-9-5-4-8-20(21)23/h2-14,23-26H,15H2,1H3/b29-14-/t23?,24?,25-,26-/m1/s1. The van der Waals surface area contributed by atoms with Crippen LogP contribution in [-0.4, -0.2) is 42.7 Å². The van der Waals surface area contributed by atoms with Crippen molar-refractivity contribution in [3.05, 3.63) is 101 Å². The van der Waals surface area contributed by atoms with Crippen molar-refractivity contribution < 1.29 is 23.9 Å². The minimum Gasteiger partial charge on any atom is -0.482 e. The Balaban J connectivity index is 1.28. The van der Waals surface area contributed by atoms with Gasteiger partial charge in [0.15, 0.2) is 6.61 Å². The number of carbonyl (C=O) groups is 3. The van der Waals surface area contributed by atoms with Gasteiger partial charge in [-0.1, -0.05) is 48.5 Å². The van der Waals surface area contributed by atoms with Gasteiger partial charge in [-0.15, -0.1) is 0 Å². The molecule has 3 aromatic rings. The molecule has 3 aliphatic carbocycles. The Bertz CT molecular complexity index is 1260. The summed E-state index contributed by atoms with van der Waals surface area (Å²) in [5.74, 6) is -1.70. The normalized spacial score (nSPS) is 23.7. The number of hydrogen-bond acceptors (Lipinski definition) is 6. The van der Waals surface area contributed by atoms with E-state index in [9.17, 15) is 14.4 Å². The minimum atomic E-state index is -0.471. The lowest BCUT2D eigenvalue weighted by Gasteiger charge is -2.45. The largest absolute Gasteiger partial charge is 0.482 e. The fourth-order valence-corrected chi connectivity index (χ4v) is 5.75. The second-order valence-electron chi connectivity index (χ2n) is 8.93. The number of carbonyl (C=O) groups excluding carboxylic acids is 3. The molecule has 1 aliphatic heterocycles. The summed E-state index contributed by atoms with van der Waals surface area (Å²) in [7, 11) is 1.30. The monoisotopic (exact) mass is 466 g/mol. The molecule has 7 heteroatoms. The van der Waals surface area contributed by atoms with Gasteiger partial charge in [-0.05, 0) is 52.1 Å². The summed E-state index contributed by atoms with van der Waals surface area (Å²) in [6.45, 7) is -0.184. The SMILES string of the molecule is COC(=O)COc1ccc(/C=N\N2C(=O)[C@@H]3C4c5ccccc5C(c5ccccc54)[C@H]3C2=O)cc1. The highest BCUT2D eigenvalue weighted by molar-refractivity contribution is 6.08. The first kappa shape index (κ1) is 21.3. The van der Waals surface area contributed by atoms with Crippen LogP contribution >= 0.6 is 0 Å². The lowest BCUT2D eigenvalue weighted by atomic mass is 9.55. The van der Waals surface area contributed by atoms with Crippen LogP contribution in [0.15, 0.2) is 77.9 Å². The van der Waals surface area contributed by atoms with Crippen molar-refractivity contribution in [2.45, 2.75) is 11.8 Å². The second-order valence-corrected chi connectivity index (χ2v) is 8.93. The number of rotatable bonds is 5. The molecule has 2 amide bonds. The number of methoxy groups -OCH3 is 1. The van der Waals surface area contributed by atoms with Gasteiger partial charge in [-0.2, -0.15) is 10.1 Å². The quantitative estimate of drug-likeness (QED) is 0.327. The maximum atomic E-state index is 13.5. The number of imide groups is 1. The number of nitrogens with zero attached hydrogens (tertiary/aromatic N) is 2. The van der Waals surface area contributed by atoms with E-state index in [1.165, 1.54) is 13.3 Å². The topological polar surface area (TPSA) is 85.3 Å². The highest BCUT2D eigenvalue weighted by atomic mass is 16.6. The van der Waals surface area contributed by atoms with Crippen LogP contribution in [0.2, 0.25) is 0 Å². The van der Waals surface area contributed by atoms with Gasteiger partial charge in [0.1, 0.15) is 5.75 Å². The fraction of sp³-hybridized carbons (Fsp3) is 0.214. The van der Waals surface area contributed by atoms with Crippen LogP contribution in [0.3, 0.4) is 0 Å². The van der Waals surface area contributed by atoms with Crippen LogP contribution in [0.1, 0.15) is 39.7 Å². The van der Waals surface area contributed by atoms with Crippen LogP contribution in [0, 0.1) is 11.8 Å². The molecule has 4 aliphatic rings. The van der Waals surface area contributed by atoms with E-state index >= 15 is 0 Å². The van der Waals surface area contributed by atoms with E-state index in [2.05, 4.69) is 34.1 Å². The zero-order valence-electron chi connectivity index (χ0n) is 19.0. The van der Waals surface area contributed by atoms with E-state index < -0.39 is 17.8 Å². The Morgan fingerprint density at radius 2 is 1.31 bits per heavy atom. The number of esters is 1. The Kier molecular flexibility index (Phi) is 4.99. The first-order valence-electron chi connectivity index (χ1n) is 11.5. The molecule has 0 aromatic heterocycles. The van der Waals surface area contributed by atoms with E-state index in [4.69, 9.17) is 4.74 Å². The lowest BCUT2D eigenvalue weighted by Crippen LogP contribution is -2.41. The molecule has 0 N–H and O–H groups in total. The number of amides is 2. The van der Waals surface area contributed by atoms with Gasteiger partial charge in [0.05, 0.1) is 25.2 Å². The first-order chi connectivity index (χ1) is 17.1. The van der Waals surface area contributed by atoms with Crippen LogP contribution in [-0.2, 0) is 19.1 Å².